The molecule has 23 nitrogen and oxygen atoms in total. The number of aliphatic hydroxyl groups excluding tert-OH is 1. The van der Waals surface area contributed by atoms with Crippen LogP contribution in [0.2, 0.25) is 5.15 Å². The first kappa shape index (κ1) is 84.6. The minimum atomic E-state index is -1.13. The fourth-order valence-corrected chi connectivity index (χ4v) is 4.04. The van der Waals surface area contributed by atoms with Crippen LogP contribution in [0.25, 0.3) is 0 Å². The third kappa shape index (κ3) is 47.4. The molecular formula is C56H71ClKLiN8O15. The zero-order chi connectivity index (χ0) is 60.9. The number of carboxylic acid groups (broad SMARTS) is 1. The van der Waals surface area contributed by atoms with Crippen molar-refractivity contribution in [2.24, 2.45) is 0 Å². The van der Waals surface area contributed by atoms with Crippen molar-refractivity contribution in [3.63, 3.8) is 0 Å². The summed E-state index contributed by atoms with van der Waals surface area (Å²) in [4.78, 5) is 75.4. The Morgan fingerprint density at radius 2 is 0.841 bits per heavy atom. The van der Waals surface area contributed by atoms with Crippen molar-refractivity contribution in [1.29, 1.82) is 0 Å². The van der Waals surface area contributed by atoms with Crippen LogP contribution in [0.5, 0.6) is 17.6 Å². The number of ether oxygens (including phenoxy) is 7. The van der Waals surface area contributed by atoms with E-state index < -0.39 is 71.2 Å². The zero-order valence-corrected chi connectivity index (χ0v) is 53.3. The molecule has 1 aliphatic heterocycles. The number of halogens is 1. The van der Waals surface area contributed by atoms with E-state index in [1.165, 1.54) is 56.2 Å². The van der Waals surface area contributed by atoms with E-state index in [4.69, 9.17) is 80.7 Å². The van der Waals surface area contributed by atoms with Crippen molar-refractivity contribution in [3.05, 3.63) is 77.5 Å². The first-order chi connectivity index (χ1) is 36.7. The molecule has 1 fully saturated rings. The van der Waals surface area contributed by atoms with Gasteiger partial charge in [0.05, 0.1) is 49.6 Å². The molecule has 0 bridgehead atoms. The molecule has 0 spiro atoms. The molecule has 434 valence electrons. The van der Waals surface area contributed by atoms with E-state index in [2.05, 4.69) is 75.9 Å². The second-order valence-electron chi connectivity index (χ2n) is 18.5. The van der Waals surface area contributed by atoms with E-state index in [-0.39, 0.29) is 121 Å². The van der Waals surface area contributed by atoms with Crippen LogP contribution in [0, 0.1) is 61.7 Å². The van der Waals surface area contributed by atoms with Crippen LogP contribution in [-0.2, 0) is 18.9 Å². The molecule has 5 heterocycles. The predicted molar refractivity (Wildman–Crippen MR) is 293 cm³/mol. The van der Waals surface area contributed by atoms with E-state index in [0.29, 0.717) is 0 Å². The summed E-state index contributed by atoms with van der Waals surface area (Å²) in [6.45, 7) is 25.8. The number of carboxylic acids is 1. The van der Waals surface area contributed by atoms with Crippen LogP contribution in [0.1, 0.15) is 152 Å². The van der Waals surface area contributed by atoms with E-state index in [9.17, 15) is 24.3 Å². The minimum absolute atomic E-state index is 0. The number of nitrogens with zero attached hydrogens (tertiary/aromatic N) is 8. The van der Waals surface area contributed by atoms with Crippen molar-refractivity contribution < 1.29 is 143 Å². The summed E-state index contributed by atoms with van der Waals surface area (Å²) < 4.78 is 35.6. The van der Waals surface area contributed by atoms with Crippen molar-refractivity contribution in [3.8, 4) is 79.4 Å². The van der Waals surface area contributed by atoms with E-state index in [0.717, 1.165) is 19.4 Å². The number of hydrogen-bond donors (Lipinski definition) is 2. The Morgan fingerprint density at radius 3 is 1.06 bits per heavy atom. The molecule has 26 heteroatoms. The van der Waals surface area contributed by atoms with Gasteiger partial charge >= 0.3 is 94.1 Å². The third-order valence-corrected chi connectivity index (χ3v) is 7.53. The van der Waals surface area contributed by atoms with Crippen molar-refractivity contribution in [1.82, 2.24) is 39.9 Å². The van der Waals surface area contributed by atoms with Gasteiger partial charge in [-0.15, -0.1) is 37.7 Å². The normalized spacial score (nSPS) is 12.3. The Kier molecular flexibility index (Phi) is 46.7. The van der Waals surface area contributed by atoms with Gasteiger partial charge in [-0.05, 0) is 89.0 Å². The molecule has 0 radical (unpaired) electrons. The molecule has 1 aliphatic rings. The van der Waals surface area contributed by atoms with Gasteiger partial charge in [0, 0.05) is 13.2 Å². The minimum Gasteiger partial charge on any atom is -0.870 e. The molecule has 0 aliphatic carbocycles. The molecule has 4 aromatic rings. The Hall–Kier alpha value is -6.24. The van der Waals surface area contributed by atoms with Gasteiger partial charge in [-0.25, -0.2) is 59.0 Å². The molecule has 4 aromatic heterocycles. The second-order valence-corrected chi connectivity index (χ2v) is 18.9. The Bertz CT molecular complexity index is 2650. The Morgan fingerprint density at radius 1 is 0.549 bits per heavy atom. The average Bonchev–Trinajstić information content (AvgIpc) is 3.97. The van der Waals surface area contributed by atoms with Crippen molar-refractivity contribution >= 4 is 35.5 Å². The summed E-state index contributed by atoms with van der Waals surface area (Å²) in [6, 6.07) is 0. The molecule has 82 heavy (non-hydrogen) atoms. The molecule has 3 N–H and O–H groups in total. The van der Waals surface area contributed by atoms with Crippen LogP contribution in [0.15, 0.2) is 49.6 Å². The quantitative estimate of drug-likeness (QED) is 0.0884. The maximum absolute atomic E-state index is 11.7. The number of aliphatic hydroxyl groups is 1. The SMILES string of the molecule is C#CC(C)OC(=O)c1cnc(O[C@@H](C)C#C)cn1.C#C[C@H](C)O.C#C[C@H](C)Oc1cnc(C(=O)O)cn1.C#C[C@H](C)Oc1cnc(C(=O)OC(C)(C)C)cn1.C1CCOC1.CC(C)(C)OC(=O)c1cnc(Cl)cn1.CC(C)(C)[O-].[K+].[Li+].[OH-]. The number of hydrogen-bond acceptors (Lipinski definition) is 22. The van der Waals surface area contributed by atoms with Gasteiger partial charge in [-0.1, -0.05) is 62.0 Å². The largest absolute Gasteiger partial charge is 1.00 e. The Balaban J connectivity index is -0.000000293. The molecule has 5 atom stereocenters. The van der Waals surface area contributed by atoms with Gasteiger partial charge in [-0.2, -0.15) is 0 Å². The maximum Gasteiger partial charge on any atom is 1.00 e. The second kappa shape index (κ2) is 45.3. The van der Waals surface area contributed by atoms with Gasteiger partial charge < -0.3 is 54.0 Å². The van der Waals surface area contributed by atoms with Gasteiger partial charge in [0.2, 0.25) is 17.6 Å². The maximum atomic E-state index is 11.7. The smallest absolute Gasteiger partial charge is 0.870 e. The monoisotopic (exact) mass is 1180 g/mol. The number of esters is 3. The Labute approximate surface area is 541 Å². The summed E-state index contributed by atoms with van der Waals surface area (Å²) in [5, 5.41) is 27.0. The van der Waals surface area contributed by atoms with Gasteiger partial charge in [0.25, 0.3) is 0 Å². The molecule has 1 unspecified atom stereocenters. The zero-order valence-electron chi connectivity index (χ0n) is 49.4. The summed E-state index contributed by atoms with van der Waals surface area (Å²) in [5.41, 5.74) is -1.64. The first-order valence-corrected chi connectivity index (χ1v) is 24.2. The van der Waals surface area contributed by atoms with Gasteiger partial charge in [0.15, 0.2) is 47.2 Å². The van der Waals surface area contributed by atoms with Gasteiger partial charge in [-0.3, -0.25) is 0 Å². The fraction of sp³-hybridized carbons (Fsp3) is 0.464. The summed E-state index contributed by atoms with van der Waals surface area (Å²) >= 11 is 5.52. The number of carbonyl (C=O) groups is 4. The fourth-order valence-electron chi connectivity index (χ4n) is 3.94. The van der Waals surface area contributed by atoms with Crippen LogP contribution in [0.4, 0.5) is 0 Å². The van der Waals surface area contributed by atoms with Crippen molar-refractivity contribution in [2.45, 2.75) is 157 Å². The van der Waals surface area contributed by atoms with E-state index >= 15 is 0 Å². The van der Waals surface area contributed by atoms with Crippen LogP contribution < -0.4 is 89.6 Å². The number of aromatic carboxylic acids is 1. The molecule has 0 amide bonds. The van der Waals surface area contributed by atoms with Crippen LogP contribution in [0.3, 0.4) is 0 Å². The topological polar surface area (TPSA) is 330 Å². The molecule has 0 aromatic carbocycles. The average molecular weight is 1180 g/mol. The van der Waals surface area contributed by atoms with E-state index in [1.807, 2.05) is 0 Å². The van der Waals surface area contributed by atoms with E-state index in [1.54, 1.807) is 96.9 Å². The van der Waals surface area contributed by atoms with Gasteiger partial charge in [0.1, 0.15) is 22.5 Å². The number of rotatable bonds is 11. The molecule has 0 saturated carbocycles. The summed E-state index contributed by atoms with van der Waals surface area (Å²) in [5.74, 6) is 9.41. The standard InChI is InChI=1S/C13H16N2O3.C13H12N2O3.C9H11ClN2O2.C9H8N2O3.C4H8O.C4H9O.C4H6O.K.Li.H2O/c1-6-9(2)17-11-8-14-10(7-15-11)12(16)18-13(3,4)5;1-5-9(3)17-12-8-14-11(7-15-12)13(16)18-10(4)6-2;1-9(2,3)14-8(13)6-4-12-7(10)5-11-6;1-3-6(2)14-8-5-10-7(4-11-8)9(12)13;1-2-4-5-3-1;1-4(2,3)5;1-3-4(2)5;;;/h1,7-9H,2-5H3;1-2,7-10H,3-4H3;4-5H,1-3H3;1,4-6H,2H3,(H,12,13);1-4H2;1-3H3;1,4-5H,2H3;;;1H2/q;;;;;-1;;2*+1;/p-1/t9-;9-,10?;;6-;;;4-;;;/m00.0..0.../s1. The number of terminal acetylenes is 5. The molecule has 1 saturated heterocycles. The first-order valence-electron chi connectivity index (χ1n) is 23.8. The third-order valence-electron chi connectivity index (χ3n) is 7.33. The number of aromatic nitrogens is 8. The van der Waals surface area contributed by atoms with Crippen LogP contribution in [-0.4, -0.2) is 140 Å². The summed E-state index contributed by atoms with van der Waals surface area (Å²) in [6.07, 6.45) is 35.4. The predicted octanol–water partition coefficient (Wildman–Crippen LogP) is 0.322. The van der Waals surface area contributed by atoms with Crippen molar-refractivity contribution in [2.75, 3.05) is 13.2 Å². The molecular weight excluding hydrogens is 1110 g/mol. The molecule has 5 rings (SSSR count). The summed E-state index contributed by atoms with van der Waals surface area (Å²) in [7, 11) is 0. The number of carbonyl (C=O) groups excluding carboxylic acids is 3. The van der Waals surface area contributed by atoms with Crippen LogP contribution >= 0.6 is 11.6 Å².